The van der Waals surface area contributed by atoms with Crippen LogP contribution in [-0.2, 0) is 30.3 Å². The van der Waals surface area contributed by atoms with Crippen molar-refractivity contribution < 1.29 is 37.0 Å². The third kappa shape index (κ3) is 4.56. The van der Waals surface area contributed by atoms with Crippen LogP contribution in [0.5, 0.6) is 0 Å². The Hall–Kier alpha value is -3.94. The monoisotopic (exact) mass is 495 g/mol. The number of halogens is 3. The van der Waals surface area contributed by atoms with Gasteiger partial charge in [0.05, 0.1) is 12.7 Å². The first-order valence-corrected chi connectivity index (χ1v) is 10.4. The van der Waals surface area contributed by atoms with Crippen LogP contribution in [0.3, 0.4) is 0 Å². The Labute approximate surface area is 195 Å². The molecule has 2 N–H and O–H groups in total. The number of nitrogens with two attached hydrogens (primary N) is 1. The van der Waals surface area contributed by atoms with E-state index in [2.05, 4.69) is 9.97 Å². The van der Waals surface area contributed by atoms with Crippen molar-refractivity contribution in [2.24, 2.45) is 0 Å². The number of aromatic nitrogens is 4. The van der Waals surface area contributed by atoms with Crippen molar-refractivity contribution in [3.63, 3.8) is 0 Å². The fourth-order valence-corrected chi connectivity index (χ4v) is 3.70. The van der Waals surface area contributed by atoms with Gasteiger partial charge in [0, 0.05) is 13.3 Å². The second kappa shape index (κ2) is 9.37. The summed E-state index contributed by atoms with van der Waals surface area (Å²) >= 11 is 0. The molecule has 2 aromatic heterocycles. The molecule has 11 nitrogen and oxygen atoms in total. The second-order valence-corrected chi connectivity index (χ2v) is 7.68. The summed E-state index contributed by atoms with van der Waals surface area (Å²) < 4.78 is 59.8. The number of ether oxygens (including phenoxy) is 3. The Bertz CT molecular complexity index is 1360. The number of carbonyl (C=O) groups is 2. The van der Waals surface area contributed by atoms with E-state index in [0.717, 1.165) is 28.2 Å². The molecule has 0 unspecified atom stereocenters. The summed E-state index contributed by atoms with van der Waals surface area (Å²) in [5, 5.41) is 0. The maximum Gasteiger partial charge on any atom is 0.332 e. The average molecular weight is 495 g/mol. The van der Waals surface area contributed by atoms with Crippen LogP contribution in [0.4, 0.5) is 19.1 Å². The molecular weight excluding hydrogens is 475 g/mol. The van der Waals surface area contributed by atoms with Crippen LogP contribution >= 0.6 is 0 Å². The molecule has 0 aliphatic carbocycles. The van der Waals surface area contributed by atoms with E-state index in [0.29, 0.717) is 0 Å². The fourth-order valence-electron chi connectivity index (χ4n) is 3.70. The first kappa shape index (κ1) is 24.2. The molecule has 1 saturated heterocycles. The molecule has 1 fully saturated rings. The zero-order valence-corrected chi connectivity index (χ0v) is 18.5. The van der Waals surface area contributed by atoms with Crippen LogP contribution in [0.25, 0.3) is 11.2 Å². The number of imidazole rings is 1. The van der Waals surface area contributed by atoms with Crippen molar-refractivity contribution in [1.29, 1.82) is 0 Å². The van der Waals surface area contributed by atoms with E-state index in [1.165, 1.54) is 19.2 Å². The van der Waals surface area contributed by atoms with Crippen LogP contribution in [0, 0.1) is 11.6 Å². The highest BCUT2D eigenvalue weighted by atomic mass is 19.2. The summed E-state index contributed by atoms with van der Waals surface area (Å²) in [6, 6.07) is 3.09. The number of rotatable bonds is 6. The van der Waals surface area contributed by atoms with Crippen molar-refractivity contribution in [3.05, 3.63) is 52.1 Å². The van der Waals surface area contributed by atoms with Crippen molar-refractivity contribution in [1.82, 2.24) is 19.1 Å². The largest absolute Gasteiger partial charge is 0.454 e. The van der Waals surface area contributed by atoms with E-state index in [1.54, 1.807) is 0 Å². The molecule has 3 heterocycles. The molecule has 0 bridgehead atoms. The zero-order chi connectivity index (χ0) is 25.4. The smallest absolute Gasteiger partial charge is 0.332 e. The molecule has 1 aliphatic heterocycles. The van der Waals surface area contributed by atoms with Gasteiger partial charge >= 0.3 is 17.6 Å². The number of nitrogens with zero attached hydrogens (tertiary/aromatic N) is 4. The summed E-state index contributed by atoms with van der Waals surface area (Å²) in [4.78, 5) is 44.7. The van der Waals surface area contributed by atoms with Crippen LogP contribution in [-0.4, -0.2) is 49.6 Å². The van der Waals surface area contributed by atoms with Gasteiger partial charge in [-0.05, 0) is 17.7 Å². The van der Waals surface area contributed by atoms with Gasteiger partial charge in [-0.25, -0.2) is 27.5 Å². The lowest BCUT2D eigenvalue weighted by atomic mass is 10.2. The molecule has 1 aliphatic rings. The van der Waals surface area contributed by atoms with Gasteiger partial charge in [0.15, 0.2) is 29.6 Å². The van der Waals surface area contributed by atoms with E-state index in [4.69, 9.17) is 19.9 Å². The number of esters is 2. The van der Waals surface area contributed by atoms with E-state index in [9.17, 15) is 23.2 Å². The lowest BCUT2D eigenvalue weighted by Gasteiger charge is -2.19. The third-order valence-electron chi connectivity index (χ3n) is 5.27. The van der Waals surface area contributed by atoms with E-state index in [-0.39, 0.29) is 35.6 Å². The van der Waals surface area contributed by atoms with E-state index < -0.39 is 54.1 Å². The molecule has 14 heteroatoms. The number of benzene rings is 1. The Kier molecular flexibility index (Phi) is 6.47. The second-order valence-electron chi connectivity index (χ2n) is 7.68. The van der Waals surface area contributed by atoms with Gasteiger partial charge in [-0.15, -0.1) is 0 Å². The standard InChI is InChI=1S/C21H20F3N5O6/c1-3-14(31)34-19-15(24)16(33-9(2)30)18(35-19)29-17-13(7-26-20(25)27-17)28(21(29)32)8-10-4-5-11(22)12(23)6-10/h4-7,15-16,18-19H,3,8H2,1-2H3,(H2,25,26,27)/t15-,16-,18-,19+/m1/s1. The number of hydrogen-bond acceptors (Lipinski definition) is 9. The lowest BCUT2D eigenvalue weighted by Crippen LogP contribution is -2.37. The Balaban J connectivity index is 1.84. The fraction of sp³-hybridized carbons (Fsp3) is 0.381. The van der Waals surface area contributed by atoms with Gasteiger partial charge < -0.3 is 19.9 Å². The molecule has 0 saturated carbocycles. The minimum atomic E-state index is -2.13. The maximum absolute atomic E-state index is 15.2. The van der Waals surface area contributed by atoms with Gasteiger partial charge in [-0.1, -0.05) is 13.0 Å². The lowest BCUT2D eigenvalue weighted by molar-refractivity contribution is -0.188. The number of hydrogen-bond donors (Lipinski definition) is 1. The van der Waals surface area contributed by atoms with Crippen molar-refractivity contribution >= 4 is 29.1 Å². The molecule has 0 radical (unpaired) electrons. The number of anilines is 1. The van der Waals surface area contributed by atoms with Crippen molar-refractivity contribution in [2.45, 2.75) is 51.6 Å². The molecule has 0 amide bonds. The molecule has 186 valence electrons. The summed E-state index contributed by atoms with van der Waals surface area (Å²) in [5.41, 5.74) is 5.07. The van der Waals surface area contributed by atoms with Gasteiger partial charge in [0.25, 0.3) is 0 Å². The molecular formula is C21H20F3N5O6. The van der Waals surface area contributed by atoms with Gasteiger partial charge in [-0.2, -0.15) is 4.98 Å². The first-order chi connectivity index (χ1) is 16.6. The van der Waals surface area contributed by atoms with Crippen LogP contribution in [0.1, 0.15) is 32.1 Å². The predicted molar refractivity (Wildman–Crippen MR) is 112 cm³/mol. The zero-order valence-electron chi connectivity index (χ0n) is 18.5. The van der Waals surface area contributed by atoms with Gasteiger partial charge in [0.1, 0.15) is 5.52 Å². The quantitative estimate of drug-likeness (QED) is 0.505. The molecule has 35 heavy (non-hydrogen) atoms. The number of alkyl halides is 1. The maximum atomic E-state index is 15.2. The topological polar surface area (TPSA) is 141 Å². The normalized spacial score (nSPS) is 21.9. The van der Waals surface area contributed by atoms with Crippen LogP contribution in [0.15, 0.2) is 29.2 Å². The van der Waals surface area contributed by atoms with Crippen molar-refractivity contribution in [2.75, 3.05) is 5.73 Å². The average Bonchev–Trinajstić information content (AvgIpc) is 3.23. The molecule has 4 atom stereocenters. The number of nitrogen functional groups attached to an aromatic ring is 1. The van der Waals surface area contributed by atoms with E-state index >= 15 is 4.39 Å². The minimum absolute atomic E-state index is 0.0767. The minimum Gasteiger partial charge on any atom is -0.454 e. The molecule has 3 aromatic rings. The highest BCUT2D eigenvalue weighted by Crippen LogP contribution is 2.35. The summed E-state index contributed by atoms with van der Waals surface area (Å²) in [6.45, 7) is 2.27. The Morgan fingerprint density at radius 3 is 2.63 bits per heavy atom. The Morgan fingerprint density at radius 1 is 1.23 bits per heavy atom. The summed E-state index contributed by atoms with van der Waals surface area (Å²) in [6.07, 6.45) is -6.04. The highest BCUT2D eigenvalue weighted by Gasteiger charge is 2.51. The number of carbonyl (C=O) groups excluding carboxylic acids is 2. The first-order valence-electron chi connectivity index (χ1n) is 10.4. The highest BCUT2D eigenvalue weighted by molar-refractivity contribution is 5.72. The predicted octanol–water partition coefficient (Wildman–Crippen LogP) is 1.58. The van der Waals surface area contributed by atoms with Crippen LogP contribution < -0.4 is 11.4 Å². The molecule has 0 spiro atoms. The van der Waals surface area contributed by atoms with E-state index in [1.807, 2.05) is 0 Å². The van der Waals surface area contributed by atoms with Crippen LogP contribution in [0.2, 0.25) is 0 Å². The summed E-state index contributed by atoms with van der Waals surface area (Å²) in [7, 11) is 0. The van der Waals surface area contributed by atoms with Gasteiger partial charge in [0.2, 0.25) is 18.4 Å². The molecule has 1 aromatic carbocycles. The SMILES string of the molecule is CCC(=O)O[C@H]1O[C@@H](n2c(=O)n(Cc3ccc(F)c(F)c3)c3cnc(N)nc32)[C@H](OC(C)=O)[C@H]1F. The molecule has 4 rings (SSSR count). The summed E-state index contributed by atoms with van der Waals surface area (Å²) in [5.74, 6) is -4.07. The van der Waals surface area contributed by atoms with Gasteiger partial charge in [-0.3, -0.25) is 14.2 Å². The third-order valence-corrected chi connectivity index (χ3v) is 5.27. The van der Waals surface area contributed by atoms with Crippen molar-refractivity contribution in [3.8, 4) is 0 Å². The Morgan fingerprint density at radius 2 is 1.97 bits per heavy atom. The number of fused-ring (bicyclic) bond motifs is 1.